The van der Waals surface area contributed by atoms with Crippen molar-refractivity contribution in [2.45, 2.75) is 6.92 Å². The minimum atomic E-state index is -1.27. The van der Waals surface area contributed by atoms with Crippen LogP contribution in [0.3, 0.4) is 0 Å². The molecule has 0 atom stereocenters. The fraction of sp³-hybridized carbons (Fsp3) is 0.417. The smallest absolute Gasteiger partial charge is 0.339 e. The van der Waals surface area contributed by atoms with Crippen molar-refractivity contribution in [2.24, 2.45) is 0 Å². The fourth-order valence-electron chi connectivity index (χ4n) is 2.19. The van der Waals surface area contributed by atoms with E-state index >= 15 is 0 Å². The van der Waals surface area contributed by atoms with E-state index in [4.69, 9.17) is 0 Å². The average Bonchev–Trinajstić information content (AvgIpc) is 2.46. The van der Waals surface area contributed by atoms with Crippen LogP contribution in [0.4, 0.5) is 11.5 Å². The Kier molecular flexibility index (Phi) is 4.01. The van der Waals surface area contributed by atoms with Crippen LogP contribution in [0.2, 0.25) is 0 Å². The summed E-state index contributed by atoms with van der Waals surface area (Å²) < 4.78 is 0. The lowest BCUT2D eigenvalue weighted by molar-refractivity contribution is -0.385. The summed E-state index contributed by atoms with van der Waals surface area (Å²) in [5.74, 6) is -1.11. The van der Waals surface area contributed by atoms with E-state index in [1.807, 2.05) is 0 Å². The van der Waals surface area contributed by atoms with Crippen LogP contribution < -0.4 is 4.90 Å². The molecule has 0 radical (unpaired) electrons. The van der Waals surface area contributed by atoms with Gasteiger partial charge in [-0.25, -0.2) is 9.78 Å². The van der Waals surface area contributed by atoms with Crippen LogP contribution in [-0.4, -0.2) is 58.0 Å². The lowest BCUT2D eigenvalue weighted by Gasteiger charge is -2.35. The number of hydrogen-bond acceptors (Lipinski definition) is 6. The van der Waals surface area contributed by atoms with Crippen molar-refractivity contribution in [2.75, 3.05) is 31.1 Å². The maximum Gasteiger partial charge on any atom is 0.339 e. The number of piperazine rings is 1. The zero-order valence-corrected chi connectivity index (χ0v) is 11.4. The van der Waals surface area contributed by atoms with Gasteiger partial charge in [-0.1, -0.05) is 0 Å². The average molecular weight is 294 g/mol. The van der Waals surface area contributed by atoms with Gasteiger partial charge in [-0.15, -0.1) is 0 Å². The van der Waals surface area contributed by atoms with Gasteiger partial charge < -0.3 is 14.9 Å². The summed E-state index contributed by atoms with van der Waals surface area (Å²) in [6.45, 7) is 3.28. The number of carboxylic acids is 1. The Morgan fingerprint density at radius 3 is 2.43 bits per heavy atom. The number of carbonyl (C=O) groups is 2. The quantitative estimate of drug-likeness (QED) is 0.631. The summed E-state index contributed by atoms with van der Waals surface area (Å²) in [6, 6.07) is 1.00. The van der Waals surface area contributed by atoms with Crippen molar-refractivity contribution in [3.8, 4) is 0 Å². The first kappa shape index (κ1) is 14.7. The molecule has 9 nitrogen and oxygen atoms in total. The number of carbonyl (C=O) groups excluding carboxylic acids is 1. The van der Waals surface area contributed by atoms with Gasteiger partial charge in [0, 0.05) is 39.2 Å². The number of nitrogens with zero attached hydrogens (tertiary/aromatic N) is 4. The first-order chi connectivity index (χ1) is 9.90. The van der Waals surface area contributed by atoms with Crippen LogP contribution in [0, 0.1) is 10.1 Å². The van der Waals surface area contributed by atoms with Crippen LogP contribution in [-0.2, 0) is 4.79 Å². The third-order valence-corrected chi connectivity index (χ3v) is 3.32. The van der Waals surface area contributed by atoms with E-state index in [1.165, 1.54) is 6.92 Å². The van der Waals surface area contributed by atoms with Gasteiger partial charge in [0.25, 0.3) is 5.69 Å². The van der Waals surface area contributed by atoms with Crippen LogP contribution in [0.1, 0.15) is 17.3 Å². The molecule has 1 fully saturated rings. The summed E-state index contributed by atoms with van der Waals surface area (Å²) in [5, 5.41) is 19.9. The third kappa shape index (κ3) is 3.07. The normalized spacial score (nSPS) is 14.9. The predicted octanol–water partition coefficient (Wildman–Crippen LogP) is 0.356. The Hall–Kier alpha value is -2.71. The Balaban J connectivity index is 2.26. The lowest BCUT2D eigenvalue weighted by atomic mass is 10.2. The van der Waals surface area contributed by atoms with Crippen molar-refractivity contribution in [3.63, 3.8) is 0 Å². The number of anilines is 1. The molecule has 1 aliphatic rings. The molecule has 0 spiro atoms. The summed E-state index contributed by atoms with van der Waals surface area (Å²) >= 11 is 0. The molecule has 0 aromatic carbocycles. The largest absolute Gasteiger partial charge is 0.478 e. The SMILES string of the molecule is CC(=O)N1CCN(c2ncc([N+](=O)[O-])cc2C(=O)O)CC1. The molecule has 1 amide bonds. The molecule has 1 aromatic rings. The lowest BCUT2D eigenvalue weighted by Crippen LogP contribution is -2.48. The minimum Gasteiger partial charge on any atom is -0.478 e. The highest BCUT2D eigenvalue weighted by atomic mass is 16.6. The molecule has 1 aliphatic heterocycles. The Morgan fingerprint density at radius 1 is 1.33 bits per heavy atom. The number of hydrogen-bond donors (Lipinski definition) is 1. The second-order valence-electron chi connectivity index (χ2n) is 4.62. The van der Waals surface area contributed by atoms with Crippen molar-refractivity contribution >= 4 is 23.4 Å². The molecule has 0 bridgehead atoms. The molecule has 21 heavy (non-hydrogen) atoms. The van der Waals surface area contributed by atoms with E-state index in [2.05, 4.69) is 4.98 Å². The van der Waals surface area contributed by atoms with E-state index in [0.717, 1.165) is 12.3 Å². The molecule has 1 saturated heterocycles. The number of aromatic nitrogens is 1. The van der Waals surface area contributed by atoms with Gasteiger partial charge in [0.15, 0.2) is 0 Å². The number of pyridine rings is 1. The van der Waals surface area contributed by atoms with Crippen LogP contribution in [0.5, 0.6) is 0 Å². The summed E-state index contributed by atoms with van der Waals surface area (Å²) in [6.07, 6.45) is 1.04. The molecular weight excluding hydrogens is 280 g/mol. The van der Waals surface area contributed by atoms with E-state index in [0.29, 0.717) is 26.2 Å². The molecule has 112 valence electrons. The molecule has 9 heteroatoms. The maximum absolute atomic E-state index is 11.3. The monoisotopic (exact) mass is 294 g/mol. The van der Waals surface area contributed by atoms with Gasteiger partial charge in [0.1, 0.15) is 17.6 Å². The van der Waals surface area contributed by atoms with E-state index in [1.54, 1.807) is 9.80 Å². The molecule has 0 unspecified atom stereocenters. The van der Waals surface area contributed by atoms with Gasteiger partial charge in [-0.3, -0.25) is 14.9 Å². The van der Waals surface area contributed by atoms with E-state index in [-0.39, 0.29) is 23.0 Å². The molecule has 0 saturated carbocycles. The van der Waals surface area contributed by atoms with Crippen molar-refractivity contribution in [3.05, 3.63) is 27.9 Å². The summed E-state index contributed by atoms with van der Waals surface area (Å²) in [7, 11) is 0. The first-order valence-electron chi connectivity index (χ1n) is 6.28. The Labute approximate surface area is 119 Å². The van der Waals surface area contributed by atoms with Crippen LogP contribution in [0.25, 0.3) is 0 Å². The van der Waals surface area contributed by atoms with Crippen molar-refractivity contribution < 1.29 is 19.6 Å². The Bertz CT molecular complexity index is 595. The number of rotatable bonds is 3. The van der Waals surface area contributed by atoms with Crippen molar-refractivity contribution in [1.82, 2.24) is 9.88 Å². The van der Waals surface area contributed by atoms with Gasteiger partial charge in [0.05, 0.1) is 4.92 Å². The third-order valence-electron chi connectivity index (χ3n) is 3.32. The highest BCUT2D eigenvalue weighted by Gasteiger charge is 2.25. The first-order valence-corrected chi connectivity index (χ1v) is 6.28. The van der Waals surface area contributed by atoms with Crippen LogP contribution >= 0.6 is 0 Å². The maximum atomic E-state index is 11.3. The molecule has 1 aromatic heterocycles. The highest BCUT2D eigenvalue weighted by molar-refractivity contribution is 5.94. The van der Waals surface area contributed by atoms with Gasteiger partial charge in [-0.2, -0.15) is 0 Å². The Morgan fingerprint density at radius 2 is 1.95 bits per heavy atom. The molecule has 2 heterocycles. The standard InChI is InChI=1S/C12H14N4O5/c1-8(17)14-2-4-15(5-3-14)11-10(12(18)19)6-9(7-13-11)16(20)21/h6-7H,2-5H2,1H3,(H,18,19). The van der Waals surface area contributed by atoms with Gasteiger partial charge in [-0.05, 0) is 0 Å². The van der Waals surface area contributed by atoms with E-state index < -0.39 is 10.9 Å². The number of nitro groups is 1. The molecule has 1 N–H and O–H groups in total. The summed E-state index contributed by atoms with van der Waals surface area (Å²) in [4.78, 5) is 39.8. The number of aromatic carboxylic acids is 1. The zero-order chi connectivity index (χ0) is 15.6. The summed E-state index contributed by atoms with van der Waals surface area (Å²) in [5.41, 5.74) is -0.570. The predicted molar refractivity (Wildman–Crippen MR) is 72.3 cm³/mol. The zero-order valence-electron chi connectivity index (χ0n) is 11.4. The van der Waals surface area contributed by atoms with Crippen LogP contribution in [0.15, 0.2) is 12.3 Å². The van der Waals surface area contributed by atoms with Gasteiger partial charge >= 0.3 is 5.97 Å². The van der Waals surface area contributed by atoms with Crippen molar-refractivity contribution in [1.29, 1.82) is 0 Å². The molecule has 0 aliphatic carbocycles. The number of carboxylic acid groups (broad SMARTS) is 1. The fourth-order valence-corrected chi connectivity index (χ4v) is 2.19. The minimum absolute atomic E-state index is 0.0373. The highest BCUT2D eigenvalue weighted by Crippen LogP contribution is 2.23. The van der Waals surface area contributed by atoms with Gasteiger partial charge in [0.2, 0.25) is 5.91 Å². The second-order valence-corrected chi connectivity index (χ2v) is 4.62. The molecule has 2 rings (SSSR count). The topological polar surface area (TPSA) is 117 Å². The second kappa shape index (κ2) is 5.73. The number of amides is 1. The van der Waals surface area contributed by atoms with E-state index in [9.17, 15) is 24.8 Å². The molecular formula is C12H14N4O5.